The van der Waals surface area contributed by atoms with Crippen molar-refractivity contribution in [1.82, 2.24) is 15.2 Å². The standard InChI is InChI=1S/C22H20FN3O3/c23-18-10-4-1-7-15(18)13-24-21(27)19-20(29-14-25-19)16-8-2-3-9-17(16)22(28)26-11-5-6-12-26/h1-4,7-10,14H,5-6,11-13H2,(H,24,27). The monoisotopic (exact) mass is 393 g/mol. The maximum atomic E-state index is 13.8. The Morgan fingerprint density at radius 3 is 2.59 bits per heavy atom. The maximum Gasteiger partial charge on any atom is 0.274 e. The van der Waals surface area contributed by atoms with Gasteiger partial charge >= 0.3 is 0 Å². The van der Waals surface area contributed by atoms with Crippen molar-refractivity contribution in [3.8, 4) is 11.3 Å². The van der Waals surface area contributed by atoms with E-state index in [1.54, 1.807) is 47.4 Å². The molecule has 1 saturated heterocycles. The number of aromatic nitrogens is 1. The van der Waals surface area contributed by atoms with Crippen LogP contribution in [0.15, 0.2) is 59.3 Å². The number of nitrogens with one attached hydrogen (secondary N) is 1. The highest BCUT2D eigenvalue weighted by atomic mass is 19.1. The Bertz CT molecular complexity index is 1040. The molecule has 148 valence electrons. The van der Waals surface area contributed by atoms with Gasteiger partial charge in [-0.3, -0.25) is 9.59 Å². The first-order chi connectivity index (χ1) is 14.1. The molecule has 0 saturated carbocycles. The van der Waals surface area contributed by atoms with Crippen LogP contribution in [0.2, 0.25) is 0 Å². The number of amides is 2. The van der Waals surface area contributed by atoms with Crippen LogP contribution < -0.4 is 5.32 Å². The number of carbonyl (C=O) groups excluding carboxylic acids is 2. The van der Waals surface area contributed by atoms with E-state index in [2.05, 4.69) is 10.3 Å². The minimum absolute atomic E-state index is 0.0200. The van der Waals surface area contributed by atoms with Gasteiger partial charge in [-0.2, -0.15) is 0 Å². The molecule has 1 fully saturated rings. The summed E-state index contributed by atoms with van der Waals surface area (Å²) < 4.78 is 19.3. The van der Waals surface area contributed by atoms with Gasteiger partial charge in [0.2, 0.25) is 0 Å². The van der Waals surface area contributed by atoms with Gasteiger partial charge in [-0.05, 0) is 25.0 Å². The molecule has 0 spiro atoms. The van der Waals surface area contributed by atoms with Crippen molar-refractivity contribution in [3.63, 3.8) is 0 Å². The summed E-state index contributed by atoms with van der Waals surface area (Å²) in [6.07, 6.45) is 3.14. The van der Waals surface area contributed by atoms with E-state index >= 15 is 0 Å². The van der Waals surface area contributed by atoms with Gasteiger partial charge in [0.05, 0.1) is 5.56 Å². The minimum atomic E-state index is -0.500. The molecule has 0 unspecified atom stereocenters. The number of carbonyl (C=O) groups is 2. The average molecular weight is 393 g/mol. The number of nitrogens with zero attached hydrogens (tertiary/aromatic N) is 2. The molecule has 0 atom stereocenters. The highest BCUT2D eigenvalue weighted by Gasteiger charge is 2.26. The molecule has 1 aromatic heterocycles. The van der Waals surface area contributed by atoms with Crippen molar-refractivity contribution in [3.05, 3.63) is 77.6 Å². The van der Waals surface area contributed by atoms with Crippen molar-refractivity contribution in [2.24, 2.45) is 0 Å². The third-order valence-corrected chi connectivity index (χ3v) is 4.98. The molecule has 2 aromatic carbocycles. The van der Waals surface area contributed by atoms with Gasteiger partial charge in [0.15, 0.2) is 17.8 Å². The molecule has 0 radical (unpaired) electrons. The topological polar surface area (TPSA) is 75.4 Å². The molecule has 6 nitrogen and oxygen atoms in total. The van der Waals surface area contributed by atoms with Gasteiger partial charge in [-0.15, -0.1) is 0 Å². The van der Waals surface area contributed by atoms with Gasteiger partial charge in [0.1, 0.15) is 5.82 Å². The zero-order valence-electron chi connectivity index (χ0n) is 15.7. The summed E-state index contributed by atoms with van der Waals surface area (Å²) in [6, 6.07) is 13.2. The van der Waals surface area contributed by atoms with Crippen LogP contribution >= 0.6 is 0 Å². The van der Waals surface area contributed by atoms with Gasteiger partial charge in [-0.25, -0.2) is 9.37 Å². The molecule has 29 heavy (non-hydrogen) atoms. The second kappa shape index (κ2) is 8.26. The summed E-state index contributed by atoms with van der Waals surface area (Å²) in [5, 5.41) is 2.66. The third kappa shape index (κ3) is 3.89. The van der Waals surface area contributed by atoms with Crippen molar-refractivity contribution < 1.29 is 18.4 Å². The lowest BCUT2D eigenvalue weighted by atomic mass is 10.0. The van der Waals surface area contributed by atoms with Crippen LogP contribution in [0.5, 0.6) is 0 Å². The van der Waals surface area contributed by atoms with Crippen LogP contribution in [-0.2, 0) is 6.54 Å². The van der Waals surface area contributed by atoms with E-state index in [4.69, 9.17) is 4.42 Å². The van der Waals surface area contributed by atoms with Crippen molar-refractivity contribution in [2.45, 2.75) is 19.4 Å². The number of rotatable bonds is 5. The number of halogens is 1. The first kappa shape index (κ1) is 18.9. The summed E-state index contributed by atoms with van der Waals surface area (Å²) >= 11 is 0. The van der Waals surface area contributed by atoms with Gasteiger partial charge < -0.3 is 14.6 Å². The van der Waals surface area contributed by atoms with Gasteiger partial charge in [0, 0.05) is 30.8 Å². The Morgan fingerprint density at radius 1 is 1.07 bits per heavy atom. The van der Waals surface area contributed by atoms with E-state index in [0.717, 1.165) is 25.9 Å². The molecule has 1 aliphatic rings. The predicted molar refractivity (Wildman–Crippen MR) is 105 cm³/mol. The summed E-state index contributed by atoms with van der Waals surface area (Å²) in [6.45, 7) is 1.46. The molecule has 1 aliphatic heterocycles. The quantitative estimate of drug-likeness (QED) is 0.718. The van der Waals surface area contributed by atoms with Crippen LogP contribution in [0.25, 0.3) is 11.3 Å². The van der Waals surface area contributed by atoms with Crippen LogP contribution in [0.4, 0.5) is 4.39 Å². The molecule has 0 aliphatic carbocycles. The smallest absolute Gasteiger partial charge is 0.274 e. The lowest BCUT2D eigenvalue weighted by Crippen LogP contribution is -2.28. The second-order valence-corrected chi connectivity index (χ2v) is 6.85. The summed E-state index contributed by atoms with van der Waals surface area (Å²) in [4.78, 5) is 31.4. The van der Waals surface area contributed by atoms with Crippen LogP contribution in [0.1, 0.15) is 39.3 Å². The zero-order chi connectivity index (χ0) is 20.2. The first-order valence-electron chi connectivity index (χ1n) is 9.49. The summed E-state index contributed by atoms with van der Waals surface area (Å²) in [7, 11) is 0. The van der Waals surface area contributed by atoms with E-state index in [-0.39, 0.29) is 23.9 Å². The summed E-state index contributed by atoms with van der Waals surface area (Å²) in [5.74, 6) is -0.762. The lowest BCUT2D eigenvalue weighted by Gasteiger charge is -2.17. The number of benzene rings is 2. The molecular weight excluding hydrogens is 373 g/mol. The number of oxazole rings is 1. The van der Waals surface area contributed by atoms with Crippen LogP contribution in [-0.4, -0.2) is 34.8 Å². The molecule has 7 heteroatoms. The summed E-state index contributed by atoms with van der Waals surface area (Å²) in [5.41, 5.74) is 1.41. The van der Waals surface area contributed by atoms with Gasteiger partial charge in [-0.1, -0.05) is 36.4 Å². The molecule has 4 rings (SSSR count). The molecule has 3 aromatic rings. The highest BCUT2D eigenvalue weighted by Crippen LogP contribution is 2.28. The Labute approximate surface area is 167 Å². The van der Waals surface area contributed by atoms with Crippen molar-refractivity contribution >= 4 is 11.8 Å². The fraction of sp³-hybridized carbons (Fsp3) is 0.227. The van der Waals surface area contributed by atoms with Crippen molar-refractivity contribution in [1.29, 1.82) is 0 Å². The minimum Gasteiger partial charge on any atom is -0.443 e. The maximum absolute atomic E-state index is 13.8. The fourth-order valence-corrected chi connectivity index (χ4v) is 3.46. The SMILES string of the molecule is O=C(NCc1ccccc1F)c1ncoc1-c1ccccc1C(=O)N1CCCC1. The normalized spacial score (nSPS) is 13.5. The van der Waals surface area contributed by atoms with Crippen molar-refractivity contribution in [2.75, 3.05) is 13.1 Å². The van der Waals surface area contributed by atoms with E-state index in [1.807, 2.05) is 0 Å². The molecule has 2 amide bonds. The number of hydrogen-bond donors (Lipinski definition) is 1. The Balaban J connectivity index is 1.59. The first-order valence-corrected chi connectivity index (χ1v) is 9.49. The highest BCUT2D eigenvalue weighted by molar-refractivity contribution is 6.04. The number of likely N-dealkylation sites (tertiary alicyclic amines) is 1. The molecular formula is C22H20FN3O3. The Hall–Kier alpha value is -3.48. The zero-order valence-corrected chi connectivity index (χ0v) is 15.7. The molecule has 2 heterocycles. The molecule has 1 N–H and O–H groups in total. The van der Waals surface area contributed by atoms with E-state index in [1.165, 1.54) is 12.5 Å². The average Bonchev–Trinajstić information content (AvgIpc) is 3.44. The fourth-order valence-electron chi connectivity index (χ4n) is 3.46. The van der Waals surface area contributed by atoms with E-state index < -0.39 is 11.7 Å². The lowest BCUT2D eigenvalue weighted by molar-refractivity contribution is 0.0792. The third-order valence-electron chi connectivity index (χ3n) is 4.98. The van der Waals surface area contributed by atoms with E-state index in [9.17, 15) is 14.0 Å². The largest absolute Gasteiger partial charge is 0.443 e. The van der Waals surface area contributed by atoms with Gasteiger partial charge in [0.25, 0.3) is 11.8 Å². The predicted octanol–water partition coefficient (Wildman–Crippen LogP) is 3.65. The number of hydrogen-bond acceptors (Lipinski definition) is 4. The second-order valence-electron chi connectivity index (χ2n) is 6.85. The van der Waals surface area contributed by atoms with Crippen LogP contribution in [0.3, 0.4) is 0 Å². The Kier molecular flexibility index (Phi) is 5.37. The van der Waals surface area contributed by atoms with E-state index in [0.29, 0.717) is 16.7 Å². The Morgan fingerprint density at radius 2 is 1.79 bits per heavy atom. The molecule has 0 bridgehead atoms. The van der Waals surface area contributed by atoms with Crippen LogP contribution in [0, 0.1) is 5.82 Å².